The van der Waals surface area contributed by atoms with Crippen molar-refractivity contribution >= 4 is 17.9 Å². The van der Waals surface area contributed by atoms with Gasteiger partial charge in [0.2, 0.25) is 0 Å². The van der Waals surface area contributed by atoms with Crippen LogP contribution in [0.3, 0.4) is 0 Å². The average Bonchev–Trinajstić information content (AvgIpc) is 2.48. The van der Waals surface area contributed by atoms with Gasteiger partial charge in [0.25, 0.3) is 0 Å². The number of esters is 2. The van der Waals surface area contributed by atoms with Crippen LogP contribution >= 0.6 is 0 Å². The first-order chi connectivity index (χ1) is 10.1. The van der Waals surface area contributed by atoms with Crippen molar-refractivity contribution in [2.75, 3.05) is 0 Å². The number of rotatable bonds is 4. The second kappa shape index (κ2) is 6.47. The van der Waals surface area contributed by atoms with E-state index in [-0.39, 0.29) is 17.5 Å². The highest BCUT2D eigenvalue weighted by atomic mass is 16.6. The zero-order valence-electron chi connectivity index (χ0n) is 11.0. The van der Waals surface area contributed by atoms with Gasteiger partial charge in [-0.05, 0) is 17.7 Å². The van der Waals surface area contributed by atoms with E-state index < -0.39 is 17.9 Å². The molecule has 21 heavy (non-hydrogen) atoms. The minimum atomic E-state index is -1.25. The first kappa shape index (κ1) is 14.5. The van der Waals surface area contributed by atoms with Crippen LogP contribution in [0.25, 0.3) is 0 Å². The van der Waals surface area contributed by atoms with Crippen molar-refractivity contribution in [1.29, 1.82) is 0 Å². The van der Waals surface area contributed by atoms with Gasteiger partial charge in [0.05, 0.1) is 17.5 Å². The molecule has 106 valence electrons. The molecule has 0 aliphatic carbocycles. The summed E-state index contributed by atoms with van der Waals surface area (Å²) in [6.45, 7) is 0. The molecule has 0 heterocycles. The fourth-order valence-electron chi connectivity index (χ4n) is 1.80. The normalized spacial score (nSPS) is 9.90. The SMILES string of the molecule is O=C(Cc1ccccc1)OC(=O)c1ccccc1C(=O)O. The van der Waals surface area contributed by atoms with Crippen molar-refractivity contribution in [1.82, 2.24) is 0 Å². The fraction of sp³-hybridized carbons (Fsp3) is 0.0625. The van der Waals surface area contributed by atoms with Crippen molar-refractivity contribution in [3.63, 3.8) is 0 Å². The zero-order valence-corrected chi connectivity index (χ0v) is 11.0. The van der Waals surface area contributed by atoms with Gasteiger partial charge in [-0.25, -0.2) is 9.59 Å². The first-order valence-electron chi connectivity index (χ1n) is 6.19. The topological polar surface area (TPSA) is 80.7 Å². The minimum absolute atomic E-state index is 0.0538. The quantitative estimate of drug-likeness (QED) is 0.688. The van der Waals surface area contributed by atoms with Crippen LogP contribution < -0.4 is 0 Å². The Morgan fingerprint density at radius 3 is 2.05 bits per heavy atom. The summed E-state index contributed by atoms with van der Waals surface area (Å²) in [7, 11) is 0. The molecule has 0 unspecified atom stereocenters. The van der Waals surface area contributed by atoms with E-state index in [0.29, 0.717) is 5.56 Å². The largest absolute Gasteiger partial charge is 0.478 e. The van der Waals surface area contributed by atoms with Gasteiger partial charge in [-0.3, -0.25) is 4.79 Å². The van der Waals surface area contributed by atoms with Crippen molar-refractivity contribution < 1.29 is 24.2 Å². The molecule has 0 fully saturated rings. The molecule has 5 heteroatoms. The Labute approximate surface area is 120 Å². The minimum Gasteiger partial charge on any atom is -0.478 e. The van der Waals surface area contributed by atoms with Gasteiger partial charge in [0.1, 0.15) is 0 Å². The van der Waals surface area contributed by atoms with E-state index in [0.717, 1.165) is 0 Å². The first-order valence-corrected chi connectivity index (χ1v) is 6.19. The van der Waals surface area contributed by atoms with Gasteiger partial charge in [-0.15, -0.1) is 0 Å². The number of ether oxygens (including phenoxy) is 1. The van der Waals surface area contributed by atoms with E-state index in [1.165, 1.54) is 24.3 Å². The Hall–Kier alpha value is -2.95. The molecule has 0 bridgehead atoms. The fourth-order valence-corrected chi connectivity index (χ4v) is 1.80. The number of carboxylic acids is 1. The molecule has 0 spiro atoms. The zero-order chi connectivity index (χ0) is 15.2. The molecule has 0 aromatic heterocycles. The van der Waals surface area contributed by atoms with Gasteiger partial charge in [0.15, 0.2) is 0 Å². The maximum Gasteiger partial charge on any atom is 0.346 e. The third kappa shape index (κ3) is 3.76. The summed E-state index contributed by atoms with van der Waals surface area (Å²) < 4.78 is 4.69. The lowest BCUT2D eigenvalue weighted by Crippen LogP contribution is -2.17. The summed E-state index contributed by atoms with van der Waals surface area (Å²) in [4.78, 5) is 34.6. The molecule has 2 aromatic carbocycles. The van der Waals surface area contributed by atoms with E-state index in [2.05, 4.69) is 0 Å². The summed E-state index contributed by atoms with van der Waals surface area (Å²) in [5.41, 5.74) is 0.364. The number of benzene rings is 2. The van der Waals surface area contributed by atoms with Crippen LogP contribution in [0.4, 0.5) is 0 Å². The van der Waals surface area contributed by atoms with E-state index >= 15 is 0 Å². The van der Waals surface area contributed by atoms with Gasteiger partial charge in [-0.2, -0.15) is 0 Å². The molecule has 0 aliphatic heterocycles. The predicted molar refractivity (Wildman–Crippen MR) is 74.0 cm³/mol. The number of carboxylic acid groups (broad SMARTS) is 1. The molecule has 2 aromatic rings. The van der Waals surface area contributed by atoms with Crippen LogP contribution in [0.5, 0.6) is 0 Å². The second-order valence-electron chi connectivity index (χ2n) is 4.27. The van der Waals surface area contributed by atoms with E-state index in [4.69, 9.17) is 9.84 Å². The highest BCUT2D eigenvalue weighted by Crippen LogP contribution is 2.11. The lowest BCUT2D eigenvalue weighted by Gasteiger charge is -2.05. The third-order valence-corrected chi connectivity index (χ3v) is 2.78. The molecular weight excluding hydrogens is 272 g/mol. The standard InChI is InChI=1S/C16H12O5/c17-14(10-11-6-2-1-3-7-11)21-16(20)13-9-5-4-8-12(13)15(18)19/h1-9H,10H2,(H,18,19). The van der Waals surface area contributed by atoms with Gasteiger partial charge < -0.3 is 9.84 Å². The van der Waals surface area contributed by atoms with Gasteiger partial charge in [-0.1, -0.05) is 42.5 Å². The monoisotopic (exact) mass is 284 g/mol. The molecule has 2 rings (SSSR count). The highest BCUT2D eigenvalue weighted by Gasteiger charge is 2.19. The van der Waals surface area contributed by atoms with E-state index in [1.54, 1.807) is 24.3 Å². The predicted octanol–water partition coefficient (Wildman–Crippen LogP) is 2.31. The molecule has 0 saturated carbocycles. The molecule has 0 aliphatic rings. The average molecular weight is 284 g/mol. The van der Waals surface area contributed by atoms with Crippen molar-refractivity contribution in [2.45, 2.75) is 6.42 Å². The Morgan fingerprint density at radius 2 is 1.43 bits per heavy atom. The van der Waals surface area contributed by atoms with E-state index in [9.17, 15) is 14.4 Å². The molecule has 0 amide bonds. The molecule has 5 nitrogen and oxygen atoms in total. The van der Waals surface area contributed by atoms with Gasteiger partial charge in [0, 0.05) is 0 Å². The van der Waals surface area contributed by atoms with Crippen LogP contribution in [0.2, 0.25) is 0 Å². The highest BCUT2D eigenvalue weighted by molar-refractivity contribution is 6.05. The number of carbonyl (C=O) groups excluding carboxylic acids is 2. The second-order valence-corrected chi connectivity index (χ2v) is 4.27. The van der Waals surface area contributed by atoms with Crippen LogP contribution in [-0.4, -0.2) is 23.0 Å². The maximum atomic E-state index is 11.9. The lowest BCUT2D eigenvalue weighted by molar-refractivity contribution is -0.137. The summed E-state index contributed by atoms with van der Waals surface area (Å²) in [5.74, 6) is -2.95. The maximum absolute atomic E-state index is 11.9. The van der Waals surface area contributed by atoms with Crippen molar-refractivity contribution in [2.24, 2.45) is 0 Å². The molecule has 0 radical (unpaired) electrons. The van der Waals surface area contributed by atoms with Crippen LogP contribution in [-0.2, 0) is 16.0 Å². The summed E-state index contributed by atoms with van der Waals surface area (Å²) in [6, 6.07) is 14.4. The summed E-state index contributed by atoms with van der Waals surface area (Å²) >= 11 is 0. The number of aromatic carboxylic acids is 1. The Bertz CT molecular complexity index is 676. The number of carbonyl (C=O) groups is 3. The molecule has 0 atom stereocenters. The molecule has 0 saturated heterocycles. The summed E-state index contributed by atoms with van der Waals surface area (Å²) in [6.07, 6.45) is -0.0538. The Kier molecular flexibility index (Phi) is 4.46. The molecule has 1 N–H and O–H groups in total. The van der Waals surface area contributed by atoms with E-state index in [1.807, 2.05) is 6.07 Å². The molecular formula is C16H12O5. The lowest BCUT2D eigenvalue weighted by atomic mass is 10.1. The Balaban J connectivity index is 2.08. The summed E-state index contributed by atoms with van der Waals surface area (Å²) in [5, 5.41) is 8.99. The van der Waals surface area contributed by atoms with Crippen LogP contribution in [0, 0.1) is 0 Å². The Morgan fingerprint density at radius 1 is 0.857 bits per heavy atom. The smallest absolute Gasteiger partial charge is 0.346 e. The number of hydrogen-bond acceptors (Lipinski definition) is 4. The third-order valence-electron chi connectivity index (χ3n) is 2.78. The van der Waals surface area contributed by atoms with Crippen molar-refractivity contribution in [3.8, 4) is 0 Å². The van der Waals surface area contributed by atoms with Gasteiger partial charge >= 0.3 is 17.9 Å². The van der Waals surface area contributed by atoms with Crippen LogP contribution in [0.1, 0.15) is 26.3 Å². The number of hydrogen-bond donors (Lipinski definition) is 1. The van der Waals surface area contributed by atoms with Crippen LogP contribution in [0.15, 0.2) is 54.6 Å². The van der Waals surface area contributed by atoms with Crippen molar-refractivity contribution in [3.05, 3.63) is 71.3 Å².